The lowest BCUT2D eigenvalue weighted by Crippen LogP contribution is -2.43. The number of aromatic amines is 1. The molecule has 32 heavy (non-hydrogen) atoms. The number of aryl methyl sites for hydroxylation is 1. The number of nitrogens with zero attached hydrogens (tertiary/aromatic N) is 8. The molecule has 0 unspecified atom stereocenters. The van der Waals surface area contributed by atoms with Crippen molar-refractivity contribution >= 4 is 16.7 Å². The largest absolute Gasteiger partial charge is 0.393 e. The molecule has 1 fully saturated rings. The van der Waals surface area contributed by atoms with Crippen molar-refractivity contribution in [2.45, 2.75) is 44.9 Å². The smallest absolute Gasteiger partial charge is 0.257 e. The topological polar surface area (TPSA) is 114 Å². The maximum Gasteiger partial charge on any atom is 0.257 e. The summed E-state index contributed by atoms with van der Waals surface area (Å²) in [5.74, 6) is 0.551. The van der Waals surface area contributed by atoms with Crippen molar-refractivity contribution in [1.29, 1.82) is 0 Å². The van der Waals surface area contributed by atoms with E-state index >= 15 is 0 Å². The summed E-state index contributed by atoms with van der Waals surface area (Å²) in [6.07, 6.45) is 1.22. The SMILES string of the molecule is C[C@@H]1C[C@H](O)CCN1c1cc(-c2ncnn2C)nc2c(-c3ccn[nH]3)nn(CC(F)F)c12. The van der Waals surface area contributed by atoms with Crippen LogP contribution < -0.4 is 4.90 Å². The highest BCUT2D eigenvalue weighted by molar-refractivity contribution is 5.98. The number of fused-ring (bicyclic) bond motifs is 1. The Morgan fingerprint density at radius 1 is 1.34 bits per heavy atom. The first kappa shape index (κ1) is 20.5. The maximum absolute atomic E-state index is 13.5. The monoisotopic (exact) mass is 443 g/mol. The first-order valence-electron chi connectivity index (χ1n) is 10.4. The van der Waals surface area contributed by atoms with E-state index in [0.29, 0.717) is 53.3 Å². The third kappa shape index (κ3) is 3.49. The standard InChI is InChI=1S/C20H23F2N9O/c1-11-7-12(32)4-6-30(11)15-8-14(20-23-10-25-29(20)2)26-18-17(13-3-5-24-27-13)28-31(19(15)18)9-16(21)22/h3,5,8,10-12,16,32H,4,6-7,9H2,1-2H3,(H,24,27)/t11-,12-/m1/s1. The normalized spacial score (nSPS) is 19.4. The minimum atomic E-state index is -2.58. The minimum absolute atomic E-state index is 0.00204. The van der Waals surface area contributed by atoms with Crippen LogP contribution in [0, 0.1) is 0 Å². The molecule has 2 N–H and O–H groups in total. The van der Waals surface area contributed by atoms with Gasteiger partial charge in [-0.15, -0.1) is 0 Å². The van der Waals surface area contributed by atoms with E-state index < -0.39 is 13.0 Å². The van der Waals surface area contributed by atoms with Crippen LogP contribution in [-0.4, -0.2) is 69.9 Å². The second kappa shape index (κ2) is 7.93. The Morgan fingerprint density at radius 2 is 2.19 bits per heavy atom. The number of anilines is 1. The van der Waals surface area contributed by atoms with E-state index in [4.69, 9.17) is 4.98 Å². The predicted octanol–water partition coefficient (Wildman–Crippen LogP) is 2.23. The van der Waals surface area contributed by atoms with Gasteiger partial charge in [-0.1, -0.05) is 0 Å². The van der Waals surface area contributed by atoms with Crippen molar-refractivity contribution in [2.24, 2.45) is 7.05 Å². The molecule has 4 aromatic heterocycles. The van der Waals surface area contributed by atoms with E-state index in [1.54, 1.807) is 24.0 Å². The van der Waals surface area contributed by atoms with Gasteiger partial charge in [-0.05, 0) is 31.9 Å². The second-order valence-corrected chi connectivity index (χ2v) is 8.04. The van der Waals surface area contributed by atoms with Crippen molar-refractivity contribution in [3.63, 3.8) is 0 Å². The van der Waals surface area contributed by atoms with Gasteiger partial charge < -0.3 is 10.0 Å². The van der Waals surface area contributed by atoms with Crippen molar-refractivity contribution in [1.82, 2.24) is 39.7 Å². The average Bonchev–Trinajstić information content (AvgIpc) is 3.47. The highest BCUT2D eigenvalue weighted by Gasteiger charge is 2.30. The average molecular weight is 443 g/mol. The summed E-state index contributed by atoms with van der Waals surface area (Å²) in [6, 6.07) is 3.58. The van der Waals surface area contributed by atoms with Crippen LogP contribution in [0.3, 0.4) is 0 Å². The van der Waals surface area contributed by atoms with Crippen LogP contribution in [-0.2, 0) is 13.6 Å². The number of aromatic nitrogens is 8. The van der Waals surface area contributed by atoms with Crippen LogP contribution in [0.5, 0.6) is 0 Å². The number of alkyl halides is 2. The van der Waals surface area contributed by atoms with Gasteiger partial charge in [0.05, 0.1) is 17.5 Å². The van der Waals surface area contributed by atoms with Gasteiger partial charge >= 0.3 is 0 Å². The fourth-order valence-corrected chi connectivity index (χ4v) is 4.36. The Hall–Kier alpha value is -3.41. The lowest BCUT2D eigenvalue weighted by molar-refractivity contribution is 0.123. The molecule has 0 aliphatic carbocycles. The summed E-state index contributed by atoms with van der Waals surface area (Å²) in [7, 11) is 1.77. The lowest BCUT2D eigenvalue weighted by Gasteiger charge is -2.38. The Kier molecular flexibility index (Phi) is 5.08. The van der Waals surface area contributed by atoms with Crippen molar-refractivity contribution in [3.8, 4) is 22.9 Å². The molecule has 0 amide bonds. The summed E-state index contributed by atoms with van der Waals surface area (Å²) in [5, 5.41) is 25.6. The molecule has 0 radical (unpaired) electrons. The fourth-order valence-electron chi connectivity index (χ4n) is 4.36. The van der Waals surface area contributed by atoms with E-state index in [1.807, 2.05) is 13.0 Å². The highest BCUT2D eigenvalue weighted by atomic mass is 19.3. The Balaban J connectivity index is 1.80. The van der Waals surface area contributed by atoms with Gasteiger partial charge in [0.1, 0.15) is 35.3 Å². The number of rotatable bonds is 5. The zero-order valence-electron chi connectivity index (χ0n) is 17.7. The zero-order valence-corrected chi connectivity index (χ0v) is 17.7. The van der Waals surface area contributed by atoms with Gasteiger partial charge in [-0.3, -0.25) is 9.78 Å². The van der Waals surface area contributed by atoms with Crippen LogP contribution in [0.15, 0.2) is 24.7 Å². The fraction of sp³-hybridized carbons (Fsp3) is 0.450. The van der Waals surface area contributed by atoms with Gasteiger partial charge in [-0.2, -0.15) is 15.3 Å². The summed E-state index contributed by atoms with van der Waals surface area (Å²) >= 11 is 0. The first-order chi connectivity index (χ1) is 15.4. The molecular formula is C20H23F2N9O. The van der Waals surface area contributed by atoms with Crippen molar-refractivity contribution in [2.75, 3.05) is 11.4 Å². The number of pyridine rings is 1. The predicted molar refractivity (Wildman–Crippen MR) is 113 cm³/mol. The first-order valence-corrected chi connectivity index (χ1v) is 10.4. The molecule has 2 atom stereocenters. The molecule has 5 heterocycles. The number of hydrogen-bond donors (Lipinski definition) is 2. The summed E-state index contributed by atoms with van der Waals surface area (Å²) in [4.78, 5) is 11.2. The van der Waals surface area contributed by atoms with E-state index in [1.165, 1.54) is 11.0 Å². The zero-order chi connectivity index (χ0) is 22.4. The van der Waals surface area contributed by atoms with Crippen LogP contribution in [0.2, 0.25) is 0 Å². The van der Waals surface area contributed by atoms with Gasteiger partial charge in [0.25, 0.3) is 6.43 Å². The Bertz CT molecular complexity index is 1230. The highest BCUT2D eigenvalue weighted by Crippen LogP contribution is 2.37. The van der Waals surface area contributed by atoms with Gasteiger partial charge in [0.15, 0.2) is 5.82 Å². The molecule has 4 aromatic rings. The molecule has 168 valence electrons. The Labute approximate surface area is 181 Å². The molecule has 0 aromatic carbocycles. The molecule has 0 bridgehead atoms. The number of aliphatic hydroxyl groups is 1. The van der Waals surface area contributed by atoms with E-state index in [9.17, 15) is 13.9 Å². The van der Waals surface area contributed by atoms with Crippen molar-refractivity contribution < 1.29 is 13.9 Å². The molecule has 10 nitrogen and oxygen atoms in total. The molecule has 1 aliphatic heterocycles. The maximum atomic E-state index is 13.5. The number of aliphatic hydroxyl groups excluding tert-OH is 1. The molecule has 12 heteroatoms. The van der Waals surface area contributed by atoms with Crippen LogP contribution in [0.1, 0.15) is 19.8 Å². The van der Waals surface area contributed by atoms with Crippen LogP contribution in [0.4, 0.5) is 14.5 Å². The third-order valence-electron chi connectivity index (χ3n) is 5.84. The second-order valence-electron chi connectivity index (χ2n) is 8.04. The number of piperidine rings is 1. The summed E-state index contributed by atoms with van der Waals surface area (Å²) < 4.78 is 29.9. The molecule has 5 rings (SSSR count). The summed E-state index contributed by atoms with van der Waals surface area (Å²) in [5.41, 5.74) is 3.30. The van der Waals surface area contributed by atoms with Crippen LogP contribution >= 0.6 is 0 Å². The number of hydrogen-bond acceptors (Lipinski definition) is 7. The van der Waals surface area contributed by atoms with Gasteiger partial charge in [0, 0.05) is 25.8 Å². The molecular weight excluding hydrogens is 420 g/mol. The van der Waals surface area contributed by atoms with Gasteiger partial charge in [-0.25, -0.2) is 23.4 Å². The number of halogens is 2. The van der Waals surface area contributed by atoms with Gasteiger partial charge in [0.2, 0.25) is 0 Å². The molecule has 1 aliphatic rings. The number of H-pyrrole nitrogens is 1. The quantitative estimate of drug-likeness (QED) is 0.486. The van der Waals surface area contributed by atoms with Crippen molar-refractivity contribution in [3.05, 3.63) is 24.7 Å². The summed E-state index contributed by atoms with van der Waals surface area (Å²) in [6.45, 7) is 2.03. The third-order valence-corrected chi connectivity index (χ3v) is 5.84. The van der Waals surface area contributed by atoms with E-state index in [2.05, 4.69) is 30.3 Å². The minimum Gasteiger partial charge on any atom is -0.393 e. The molecule has 0 saturated carbocycles. The lowest BCUT2D eigenvalue weighted by atomic mass is 9.99. The Morgan fingerprint density at radius 3 is 2.84 bits per heavy atom. The molecule has 1 saturated heterocycles. The van der Waals surface area contributed by atoms with E-state index in [0.717, 1.165) is 5.69 Å². The van der Waals surface area contributed by atoms with E-state index in [-0.39, 0.29) is 12.1 Å². The van der Waals surface area contributed by atoms with Crippen LogP contribution in [0.25, 0.3) is 33.9 Å². The number of nitrogens with one attached hydrogen (secondary N) is 1. The molecule has 0 spiro atoms.